The Hall–Kier alpha value is -2.58. The van der Waals surface area contributed by atoms with Crippen molar-refractivity contribution in [3.63, 3.8) is 0 Å². The monoisotopic (exact) mass is 554 g/mol. The number of hydrogen-bond acceptors (Lipinski definition) is 6. The smallest absolute Gasteiger partial charge is 0.310 e. The minimum absolute atomic E-state index is 0.0361. The van der Waals surface area contributed by atoms with E-state index in [0.29, 0.717) is 19.5 Å². The zero-order valence-corrected chi connectivity index (χ0v) is 24.0. The number of fused-ring (bicyclic) bond motifs is 1. The number of carbonyl (C=O) groups excluding carboxylic acids is 3. The molecule has 3 unspecified atom stereocenters. The number of hydrogen-bond donors (Lipinski definition) is 1. The fourth-order valence-electron chi connectivity index (χ4n) is 6.88. The Morgan fingerprint density at radius 2 is 2.00 bits per heavy atom. The number of benzene rings is 1. The Bertz CT molecular complexity index is 1060. The highest BCUT2D eigenvalue weighted by Gasteiger charge is 2.77. The van der Waals surface area contributed by atoms with E-state index in [0.717, 1.165) is 31.2 Å². The van der Waals surface area contributed by atoms with Crippen molar-refractivity contribution >= 4 is 29.5 Å². The molecule has 7 nitrogen and oxygen atoms in total. The Balaban J connectivity index is 1.80. The van der Waals surface area contributed by atoms with Crippen LogP contribution in [0.4, 0.5) is 0 Å². The molecule has 0 radical (unpaired) electrons. The molecule has 0 aliphatic carbocycles. The first kappa shape index (κ1) is 29.4. The molecule has 1 aromatic carbocycles. The van der Waals surface area contributed by atoms with Gasteiger partial charge in [0, 0.05) is 18.3 Å². The summed E-state index contributed by atoms with van der Waals surface area (Å²) in [7, 11) is 0. The van der Waals surface area contributed by atoms with Gasteiger partial charge in [-0.3, -0.25) is 14.4 Å². The largest absolute Gasteiger partial charge is 0.465 e. The lowest BCUT2D eigenvalue weighted by atomic mass is 9.66. The molecular weight excluding hydrogens is 512 g/mol. The maximum atomic E-state index is 14.6. The van der Waals surface area contributed by atoms with Crippen molar-refractivity contribution in [2.24, 2.45) is 17.8 Å². The van der Waals surface area contributed by atoms with Gasteiger partial charge in [-0.2, -0.15) is 0 Å². The van der Waals surface area contributed by atoms with Crippen LogP contribution in [0, 0.1) is 17.8 Å². The standard InChI is InChI=1S/C31H42N2O5S/c1-5-8-13-17-32(16-7-3)29(36)27-31-21(4)19-24(39-31)25(30(37)38-18-9-6-2)26(31)28(35)33(27)23(20-34)22-14-11-10-12-15-22/h6-7,10-12,14-15,21,23-27,34H,2-3,5,8-9,13,16-20H2,1,4H3/t21?,23-,24-,25+,26+,27?,31?/m1/s1. The van der Waals surface area contributed by atoms with Crippen molar-refractivity contribution in [1.29, 1.82) is 0 Å². The van der Waals surface area contributed by atoms with Crippen LogP contribution in [0.15, 0.2) is 55.6 Å². The second-order valence-electron chi connectivity index (χ2n) is 10.9. The first-order valence-corrected chi connectivity index (χ1v) is 15.1. The third-order valence-corrected chi connectivity index (χ3v) is 10.7. The predicted molar refractivity (Wildman–Crippen MR) is 154 cm³/mol. The van der Waals surface area contributed by atoms with E-state index in [2.05, 4.69) is 27.0 Å². The lowest BCUT2D eigenvalue weighted by Crippen LogP contribution is -2.58. The molecule has 2 amide bonds. The number of thioether (sulfide) groups is 1. The molecule has 8 heteroatoms. The Morgan fingerprint density at radius 3 is 2.64 bits per heavy atom. The number of esters is 1. The number of aliphatic hydroxyl groups is 1. The molecule has 1 spiro atoms. The van der Waals surface area contributed by atoms with Crippen LogP contribution in [0.3, 0.4) is 0 Å². The second kappa shape index (κ2) is 12.7. The van der Waals surface area contributed by atoms with Crippen molar-refractivity contribution in [3.05, 3.63) is 61.2 Å². The topological polar surface area (TPSA) is 87.1 Å². The summed E-state index contributed by atoms with van der Waals surface area (Å²) in [5.74, 6) is -2.01. The number of amides is 2. The lowest BCUT2D eigenvalue weighted by molar-refractivity contribution is -0.155. The van der Waals surface area contributed by atoms with E-state index in [1.165, 1.54) is 0 Å². The summed E-state index contributed by atoms with van der Waals surface area (Å²) in [6, 6.07) is 7.87. The fraction of sp³-hybridized carbons (Fsp3) is 0.581. The summed E-state index contributed by atoms with van der Waals surface area (Å²) in [6.07, 6.45) is 7.58. The van der Waals surface area contributed by atoms with Gasteiger partial charge < -0.3 is 19.6 Å². The molecule has 39 heavy (non-hydrogen) atoms. The molecule has 1 N–H and O–H groups in total. The molecular formula is C31H42N2O5S. The van der Waals surface area contributed by atoms with Gasteiger partial charge in [-0.1, -0.05) is 69.2 Å². The Morgan fingerprint density at radius 1 is 1.26 bits per heavy atom. The van der Waals surface area contributed by atoms with Crippen LogP contribution >= 0.6 is 11.8 Å². The lowest BCUT2D eigenvalue weighted by Gasteiger charge is -2.42. The summed E-state index contributed by atoms with van der Waals surface area (Å²) < 4.78 is 4.84. The minimum Gasteiger partial charge on any atom is -0.465 e. The highest BCUT2D eigenvalue weighted by molar-refractivity contribution is 8.02. The Kier molecular flexibility index (Phi) is 9.60. The van der Waals surface area contributed by atoms with Gasteiger partial charge in [-0.25, -0.2) is 0 Å². The first-order chi connectivity index (χ1) is 18.9. The summed E-state index contributed by atoms with van der Waals surface area (Å²) >= 11 is 1.63. The molecule has 0 saturated carbocycles. The predicted octanol–water partition coefficient (Wildman–Crippen LogP) is 4.38. The van der Waals surface area contributed by atoms with E-state index in [1.54, 1.807) is 33.7 Å². The fourth-order valence-corrected chi connectivity index (χ4v) is 9.27. The van der Waals surface area contributed by atoms with Crippen LogP contribution in [0.5, 0.6) is 0 Å². The number of unbranched alkanes of at least 4 members (excludes halogenated alkanes) is 2. The first-order valence-electron chi connectivity index (χ1n) is 14.2. The quantitative estimate of drug-likeness (QED) is 0.209. The summed E-state index contributed by atoms with van der Waals surface area (Å²) in [6.45, 7) is 12.6. The van der Waals surface area contributed by atoms with Crippen LogP contribution in [0.25, 0.3) is 0 Å². The third kappa shape index (κ3) is 5.18. The SMILES string of the molecule is C=CCCOC(=O)[C@@H]1[C@H]2C(=O)N([C@H](CO)c3ccccc3)C(C(=O)N(CC=C)CCCCC)C23S[C@@H]1CC3C. The third-order valence-electron chi connectivity index (χ3n) is 8.64. The zero-order chi connectivity index (χ0) is 28.2. The zero-order valence-electron chi connectivity index (χ0n) is 23.2. The molecule has 1 aromatic rings. The number of aliphatic hydroxyl groups excluding tert-OH is 1. The number of likely N-dealkylation sites (tertiary alicyclic amines) is 1. The molecule has 7 atom stereocenters. The normalized spacial score (nSPS) is 29.7. The van der Waals surface area contributed by atoms with Gasteiger partial charge in [0.05, 0.1) is 35.8 Å². The maximum Gasteiger partial charge on any atom is 0.310 e. The van der Waals surface area contributed by atoms with Crippen molar-refractivity contribution in [2.75, 3.05) is 26.3 Å². The average molecular weight is 555 g/mol. The van der Waals surface area contributed by atoms with E-state index >= 15 is 0 Å². The van der Waals surface area contributed by atoms with Crippen LogP contribution < -0.4 is 0 Å². The average Bonchev–Trinajstić information content (AvgIpc) is 3.53. The van der Waals surface area contributed by atoms with Gasteiger partial charge in [0.25, 0.3) is 0 Å². The van der Waals surface area contributed by atoms with E-state index in [4.69, 9.17) is 4.74 Å². The number of carbonyl (C=O) groups is 3. The molecule has 3 fully saturated rings. The van der Waals surface area contributed by atoms with Gasteiger partial charge in [0.15, 0.2) is 0 Å². The van der Waals surface area contributed by atoms with E-state index in [-0.39, 0.29) is 42.2 Å². The summed E-state index contributed by atoms with van der Waals surface area (Å²) in [4.78, 5) is 45.9. The Labute approximate surface area is 236 Å². The van der Waals surface area contributed by atoms with Crippen LogP contribution in [-0.4, -0.2) is 75.0 Å². The van der Waals surface area contributed by atoms with Crippen molar-refractivity contribution in [2.45, 2.75) is 68.0 Å². The maximum absolute atomic E-state index is 14.6. The van der Waals surface area contributed by atoms with Gasteiger partial charge in [-0.15, -0.1) is 24.9 Å². The van der Waals surface area contributed by atoms with Crippen LogP contribution in [0.2, 0.25) is 0 Å². The molecule has 3 aliphatic rings. The molecule has 4 rings (SSSR count). The molecule has 3 aliphatic heterocycles. The van der Waals surface area contributed by atoms with E-state index in [1.807, 2.05) is 30.3 Å². The molecule has 3 saturated heterocycles. The van der Waals surface area contributed by atoms with Crippen molar-refractivity contribution in [1.82, 2.24) is 9.80 Å². The molecule has 2 bridgehead atoms. The molecule has 3 heterocycles. The van der Waals surface area contributed by atoms with E-state index < -0.39 is 28.7 Å². The summed E-state index contributed by atoms with van der Waals surface area (Å²) in [5, 5.41) is 10.6. The highest BCUT2D eigenvalue weighted by Crippen LogP contribution is 2.69. The number of nitrogens with zero attached hydrogens (tertiary/aromatic N) is 2. The molecule has 212 valence electrons. The molecule has 0 aromatic heterocycles. The van der Waals surface area contributed by atoms with Crippen molar-refractivity contribution < 1.29 is 24.2 Å². The second-order valence-corrected chi connectivity index (χ2v) is 12.5. The number of ether oxygens (including phenoxy) is 1. The van der Waals surface area contributed by atoms with Gasteiger partial charge in [-0.05, 0) is 30.7 Å². The summed E-state index contributed by atoms with van der Waals surface area (Å²) in [5.41, 5.74) is 0.765. The van der Waals surface area contributed by atoms with Gasteiger partial charge in [0.1, 0.15) is 6.04 Å². The van der Waals surface area contributed by atoms with Gasteiger partial charge >= 0.3 is 5.97 Å². The van der Waals surface area contributed by atoms with E-state index in [9.17, 15) is 19.5 Å². The minimum atomic E-state index is -0.801. The number of rotatable bonds is 14. The highest BCUT2D eigenvalue weighted by atomic mass is 32.2. The van der Waals surface area contributed by atoms with Crippen LogP contribution in [-0.2, 0) is 19.1 Å². The van der Waals surface area contributed by atoms with Crippen molar-refractivity contribution in [3.8, 4) is 0 Å². The van der Waals surface area contributed by atoms with Gasteiger partial charge in [0.2, 0.25) is 11.8 Å². The van der Waals surface area contributed by atoms with Crippen LogP contribution in [0.1, 0.15) is 57.6 Å².